The fraction of sp³-hybridized carbons (Fsp3) is 0.174. The van der Waals surface area contributed by atoms with Crippen LogP contribution in [-0.2, 0) is 11.2 Å². The number of rotatable bonds is 9. The van der Waals surface area contributed by atoms with E-state index in [1.165, 1.54) is 10.4 Å². The Bertz CT molecular complexity index is 1070. The van der Waals surface area contributed by atoms with Crippen LogP contribution in [0.4, 0.5) is 0 Å². The van der Waals surface area contributed by atoms with Gasteiger partial charge in [0.25, 0.3) is 0 Å². The van der Waals surface area contributed by atoms with Gasteiger partial charge in [-0.1, -0.05) is 48.5 Å². The maximum Gasteiger partial charge on any atom is 0.341 e. The number of fused-ring (bicyclic) bond motifs is 1. The lowest BCUT2D eigenvalue weighted by Crippen LogP contribution is -2.09. The summed E-state index contributed by atoms with van der Waals surface area (Å²) in [4.78, 5) is 12.1. The van der Waals surface area contributed by atoms with Gasteiger partial charge < -0.3 is 14.3 Å². The standard InChI is InChI=1S/C23H20O4S2/c24-21(25)15-26-19-9-4-8-18-17(14-27-22(18)19)11-13-29-23(20-10-5-12-28-20)16-6-2-1-3-7-16/h1-10,12,14,23H,11,13,15H2,(H,24,25). The Morgan fingerprint density at radius 2 is 1.97 bits per heavy atom. The van der Waals surface area contributed by atoms with Gasteiger partial charge in [0.1, 0.15) is 0 Å². The Balaban J connectivity index is 1.48. The second-order valence-corrected chi connectivity index (χ2v) is 8.70. The molecule has 1 atom stereocenters. The van der Waals surface area contributed by atoms with Gasteiger partial charge in [-0.15, -0.1) is 23.1 Å². The second-order valence-electron chi connectivity index (χ2n) is 6.50. The normalized spacial score (nSPS) is 12.1. The van der Waals surface area contributed by atoms with Crippen molar-refractivity contribution in [2.24, 2.45) is 0 Å². The molecule has 4 rings (SSSR count). The number of carboxylic acids is 1. The molecule has 0 saturated heterocycles. The second kappa shape index (κ2) is 9.20. The van der Waals surface area contributed by atoms with Crippen LogP contribution < -0.4 is 4.74 Å². The number of hydrogen-bond acceptors (Lipinski definition) is 5. The van der Waals surface area contributed by atoms with Gasteiger partial charge in [-0.25, -0.2) is 4.79 Å². The first-order chi connectivity index (χ1) is 14.2. The van der Waals surface area contributed by atoms with Gasteiger partial charge in [-0.05, 0) is 40.8 Å². The van der Waals surface area contributed by atoms with Crippen LogP contribution in [0.2, 0.25) is 0 Å². The molecule has 0 aliphatic heterocycles. The number of carboxylic acid groups (broad SMARTS) is 1. The first-order valence-electron chi connectivity index (χ1n) is 9.26. The lowest BCUT2D eigenvalue weighted by Gasteiger charge is -2.15. The predicted octanol–water partition coefficient (Wildman–Crippen LogP) is 6.02. The fourth-order valence-electron chi connectivity index (χ4n) is 3.23. The summed E-state index contributed by atoms with van der Waals surface area (Å²) in [5, 5.41) is 12.2. The molecular formula is C23H20O4S2. The third-order valence-electron chi connectivity index (χ3n) is 4.55. The van der Waals surface area contributed by atoms with Gasteiger partial charge in [-0.2, -0.15) is 0 Å². The van der Waals surface area contributed by atoms with E-state index >= 15 is 0 Å². The average Bonchev–Trinajstić information content (AvgIpc) is 3.41. The van der Waals surface area contributed by atoms with Crippen molar-refractivity contribution in [3.8, 4) is 5.75 Å². The summed E-state index contributed by atoms with van der Waals surface area (Å²) < 4.78 is 11.0. The third kappa shape index (κ3) is 4.66. The summed E-state index contributed by atoms with van der Waals surface area (Å²) in [6.07, 6.45) is 2.61. The van der Waals surface area contributed by atoms with Crippen molar-refractivity contribution in [2.45, 2.75) is 11.7 Å². The van der Waals surface area contributed by atoms with Crippen molar-refractivity contribution in [3.63, 3.8) is 0 Å². The van der Waals surface area contributed by atoms with E-state index in [1.807, 2.05) is 30.0 Å². The van der Waals surface area contributed by atoms with Crippen LogP contribution in [-0.4, -0.2) is 23.4 Å². The molecule has 0 aliphatic rings. The highest BCUT2D eigenvalue weighted by Crippen LogP contribution is 2.39. The fourth-order valence-corrected chi connectivity index (χ4v) is 5.50. The molecule has 29 heavy (non-hydrogen) atoms. The number of thiophene rings is 1. The van der Waals surface area contributed by atoms with Crippen molar-refractivity contribution in [3.05, 3.63) is 88.3 Å². The van der Waals surface area contributed by atoms with E-state index in [1.54, 1.807) is 23.7 Å². The van der Waals surface area contributed by atoms with Crippen LogP contribution in [0.15, 0.2) is 76.7 Å². The Labute approximate surface area is 177 Å². The van der Waals surface area contributed by atoms with E-state index in [0.717, 1.165) is 23.1 Å². The van der Waals surface area contributed by atoms with Gasteiger partial charge >= 0.3 is 5.97 Å². The van der Waals surface area contributed by atoms with Crippen LogP contribution in [0.3, 0.4) is 0 Å². The van der Waals surface area contributed by atoms with Crippen LogP contribution in [0.5, 0.6) is 5.75 Å². The number of aryl methyl sites for hydroxylation is 1. The number of aliphatic carboxylic acids is 1. The van der Waals surface area contributed by atoms with E-state index in [4.69, 9.17) is 14.3 Å². The zero-order chi connectivity index (χ0) is 20.1. The minimum atomic E-state index is -1.01. The molecule has 0 spiro atoms. The lowest BCUT2D eigenvalue weighted by atomic mass is 10.1. The molecule has 148 valence electrons. The summed E-state index contributed by atoms with van der Waals surface area (Å²) in [6.45, 7) is -0.384. The maximum atomic E-state index is 10.8. The van der Waals surface area contributed by atoms with E-state index in [-0.39, 0.29) is 6.61 Å². The van der Waals surface area contributed by atoms with E-state index in [0.29, 0.717) is 16.6 Å². The van der Waals surface area contributed by atoms with Crippen molar-refractivity contribution < 1.29 is 19.1 Å². The van der Waals surface area contributed by atoms with Gasteiger partial charge in [0.05, 0.1) is 11.5 Å². The molecular weight excluding hydrogens is 404 g/mol. The number of para-hydroxylation sites is 1. The molecule has 1 unspecified atom stereocenters. The molecule has 4 nitrogen and oxygen atoms in total. The van der Waals surface area contributed by atoms with Gasteiger partial charge in [0.15, 0.2) is 17.9 Å². The van der Waals surface area contributed by atoms with Crippen molar-refractivity contribution in [2.75, 3.05) is 12.4 Å². The van der Waals surface area contributed by atoms with Crippen LogP contribution in [0.25, 0.3) is 11.0 Å². The Hall–Kier alpha value is -2.70. The number of furan rings is 1. The maximum absolute atomic E-state index is 10.8. The number of thioether (sulfide) groups is 1. The highest BCUT2D eigenvalue weighted by atomic mass is 32.2. The molecule has 4 aromatic rings. The summed E-state index contributed by atoms with van der Waals surface area (Å²) in [6, 6.07) is 20.4. The molecule has 0 bridgehead atoms. The lowest BCUT2D eigenvalue weighted by molar-refractivity contribution is -0.139. The molecule has 1 N–H and O–H groups in total. The minimum Gasteiger partial charge on any atom is -0.479 e. The van der Waals surface area contributed by atoms with Gasteiger partial charge in [0.2, 0.25) is 0 Å². The smallest absolute Gasteiger partial charge is 0.341 e. The number of benzene rings is 2. The van der Waals surface area contributed by atoms with Gasteiger partial charge in [0, 0.05) is 10.3 Å². The zero-order valence-corrected chi connectivity index (χ0v) is 17.2. The zero-order valence-electron chi connectivity index (χ0n) is 15.6. The molecule has 2 heterocycles. The summed E-state index contributed by atoms with van der Waals surface area (Å²) >= 11 is 3.70. The topological polar surface area (TPSA) is 59.7 Å². The van der Waals surface area contributed by atoms with Crippen LogP contribution in [0.1, 0.15) is 21.3 Å². The highest BCUT2D eigenvalue weighted by Gasteiger charge is 2.17. The third-order valence-corrected chi connectivity index (χ3v) is 6.94. The van der Waals surface area contributed by atoms with Crippen molar-refractivity contribution in [1.82, 2.24) is 0 Å². The summed E-state index contributed by atoms with van der Waals surface area (Å²) in [7, 11) is 0. The molecule has 0 amide bonds. The molecule has 2 aromatic heterocycles. The predicted molar refractivity (Wildman–Crippen MR) is 118 cm³/mol. The van der Waals surface area contributed by atoms with Crippen molar-refractivity contribution in [1.29, 1.82) is 0 Å². The summed E-state index contributed by atoms with van der Waals surface area (Å²) in [5.41, 5.74) is 3.01. The van der Waals surface area contributed by atoms with Crippen LogP contribution in [0, 0.1) is 0 Å². The number of ether oxygens (including phenoxy) is 1. The molecule has 0 saturated carbocycles. The first kappa shape index (κ1) is 19.6. The van der Waals surface area contributed by atoms with Crippen LogP contribution >= 0.6 is 23.1 Å². The Morgan fingerprint density at radius 3 is 2.72 bits per heavy atom. The van der Waals surface area contributed by atoms with E-state index < -0.39 is 5.97 Å². The first-order valence-corrected chi connectivity index (χ1v) is 11.2. The largest absolute Gasteiger partial charge is 0.479 e. The molecule has 0 radical (unpaired) electrons. The quantitative estimate of drug-likeness (QED) is 0.356. The summed E-state index contributed by atoms with van der Waals surface area (Å²) in [5.74, 6) is 0.391. The average molecular weight is 425 g/mol. The van der Waals surface area contributed by atoms with Crippen molar-refractivity contribution >= 4 is 40.0 Å². The molecule has 0 fully saturated rings. The number of carbonyl (C=O) groups is 1. The SMILES string of the molecule is O=C(O)COc1cccc2c(CCSC(c3ccccc3)c3cccs3)coc12. The molecule has 2 aromatic carbocycles. The van der Waals surface area contributed by atoms with Gasteiger partial charge in [-0.3, -0.25) is 0 Å². The highest BCUT2D eigenvalue weighted by molar-refractivity contribution is 7.99. The van der Waals surface area contributed by atoms with E-state index in [9.17, 15) is 4.79 Å². The molecule has 6 heteroatoms. The number of hydrogen-bond donors (Lipinski definition) is 1. The monoisotopic (exact) mass is 424 g/mol. The Kier molecular flexibility index (Phi) is 6.22. The molecule has 0 aliphatic carbocycles. The van der Waals surface area contributed by atoms with E-state index in [2.05, 4.69) is 41.8 Å². The minimum absolute atomic E-state index is 0.309. The Morgan fingerprint density at radius 1 is 1.10 bits per heavy atom.